The fraction of sp³-hybridized carbons (Fsp3) is 0.238. The third kappa shape index (κ3) is 5.00. The van der Waals surface area contributed by atoms with E-state index in [1.54, 1.807) is 35.1 Å². The topological polar surface area (TPSA) is 77.6 Å². The second-order valence-corrected chi connectivity index (χ2v) is 8.19. The van der Waals surface area contributed by atoms with Crippen LogP contribution in [0, 0.1) is 6.92 Å². The van der Waals surface area contributed by atoms with E-state index >= 15 is 0 Å². The lowest BCUT2D eigenvalue weighted by Gasteiger charge is -2.08. The highest BCUT2D eigenvalue weighted by molar-refractivity contribution is 6.42. The Bertz CT molecular complexity index is 1370. The summed E-state index contributed by atoms with van der Waals surface area (Å²) in [6.45, 7) is 1.37. The van der Waals surface area contributed by atoms with E-state index < -0.39 is 36.6 Å². The first kappa shape index (κ1) is 24.0. The van der Waals surface area contributed by atoms with Crippen LogP contribution in [0.2, 0.25) is 10.0 Å². The number of hydrogen-bond donors (Lipinski definition) is 1. The zero-order valence-electron chi connectivity index (χ0n) is 17.4. The molecular weight excluding hydrogens is 499 g/mol. The Hall–Kier alpha value is -3.18. The number of aryl methyl sites for hydroxylation is 1. The molecule has 1 amide bonds. The average Bonchev–Trinajstić information content (AvgIpc) is 3.33. The summed E-state index contributed by atoms with van der Waals surface area (Å²) in [5, 5.41) is 11.6. The maximum absolute atomic E-state index is 13.5. The Morgan fingerprint density at radius 2 is 1.82 bits per heavy atom. The quantitative estimate of drug-likeness (QED) is 0.316. The van der Waals surface area contributed by atoms with E-state index in [4.69, 9.17) is 23.2 Å². The number of rotatable bonds is 7. The molecule has 0 aliphatic rings. The van der Waals surface area contributed by atoms with Gasteiger partial charge in [0.1, 0.15) is 12.2 Å². The predicted octanol–water partition coefficient (Wildman–Crippen LogP) is 5.81. The number of hydrogen-bond acceptors (Lipinski definition) is 4. The highest BCUT2D eigenvalue weighted by Crippen LogP contribution is 2.32. The summed E-state index contributed by atoms with van der Waals surface area (Å²) >= 11 is 11.9. The second kappa shape index (κ2) is 9.59. The number of carbonyl (C=O) groups excluding carboxylic acids is 1. The van der Waals surface area contributed by atoms with Crippen LogP contribution < -0.4 is 5.32 Å². The summed E-state index contributed by atoms with van der Waals surface area (Å²) in [6, 6.07) is 7.37. The lowest BCUT2D eigenvalue weighted by Crippen LogP contribution is -2.20. The second-order valence-electron chi connectivity index (χ2n) is 7.37. The van der Waals surface area contributed by atoms with Crippen LogP contribution in [-0.4, -0.2) is 30.5 Å². The molecule has 3 heterocycles. The predicted molar refractivity (Wildman–Crippen MR) is 119 cm³/mol. The Labute approximate surface area is 200 Å². The molecule has 4 rings (SSSR count). The van der Waals surface area contributed by atoms with Crippen molar-refractivity contribution < 1.29 is 22.4 Å². The molecule has 0 spiro atoms. The van der Waals surface area contributed by atoms with E-state index in [9.17, 15) is 22.4 Å². The summed E-state index contributed by atoms with van der Waals surface area (Å²) in [6.07, 6.45) is -4.43. The van der Waals surface area contributed by atoms with Crippen LogP contribution in [-0.2, 0) is 17.9 Å². The number of nitrogens with zero attached hydrogens (tertiary/aromatic N) is 5. The number of alkyl halides is 4. The van der Waals surface area contributed by atoms with Gasteiger partial charge in [-0.25, -0.2) is 27.2 Å². The lowest BCUT2D eigenvalue weighted by atomic mass is 10.1. The first-order valence-electron chi connectivity index (χ1n) is 9.84. The molecule has 0 unspecified atom stereocenters. The van der Waals surface area contributed by atoms with E-state index in [1.165, 1.54) is 6.92 Å². The van der Waals surface area contributed by atoms with Gasteiger partial charge in [0.05, 0.1) is 27.7 Å². The molecule has 34 heavy (non-hydrogen) atoms. The van der Waals surface area contributed by atoms with Gasteiger partial charge in [0.25, 0.3) is 12.9 Å². The average molecular weight is 515 g/mol. The molecule has 0 aliphatic heterocycles. The lowest BCUT2D eigenvalue weighted by molar-refractivity contribution is -0.116. The van der Waals surface area contributed by atoms with Gasteiger partial charge in [-0.3, -0.25) is 9.48 Å². The number of pyridine rings is 1. The van der Waals surface area contributed by atoms with Crippen LogP contribution in [0.1, 0.15) is 35.4 Å². The van der Waals surface area contributed by atoms with E-state index in [0.29, 0.717) is 22.7 Å². The minimum atomic E-state index is -3.06. The van der Waals surface area contributed by atoms with Crippen molar-refractivity contribution in [3.63, 3.8) is 0 Å². The maximum atomic E-state index is 13.5. The molecule has 0 bridgehead atoms. The number of aromatic nitrogens is 5. The maximum Gasteiger partial charge on any atom is 0.280 e. The molecule has 0 atom stereocenters. The summed E-state index contributed by atoms with van der Waals surface area (Å²) in [7, 11) is 0. The number of amides is 1. The third-order valence-electron chi connectivity index (χ3n) is 4.92. The van der Waals surface area contributed by atoms with Gasteiger partial charge in [0, 0.05) is 17.8 Å². The first-order chi connectivity index (χ1) is 16.1. The summed E-state index contributed by atoms with van der Waals surface area (Å²) in [4.78, 5) is 16.3. The highest BCUT2D eigenvalue weighted by Gasteiger charge is 2.24. The molecule has 0 saturated carbocycles. The van der Waals surface area contributed by atoms with Crippen LogP contribution in [0.15, 0.2) is 36.5 Å². The van der Waals surface area contributed by atoms with Crippen molar-refractivity contribution in [1.82, 2.24) is 24.5 Å². The molecule has 13 heteroatoms. The van der Waals surface area contributed by atoms with Crippen molar-refractivity contribution in [2.24, 2.45) is 0 Å². The molecule has 1 aromatic carbocycles. The fourth-order valence-electron chi connectivity index (χ4n) is 3.46. The fourth-order valence-corrected chi connectivity index (χ4v) is 3.78. The van der Waals surface area contributed by atoms with Crippen LogP contribution in [0.3, 0.4) is 0 Å². The highest BCUT2D eigenvalue weighted by atomic mass is 35.5. The van der Waals surface area contributed by atoms with Crippen molar-refractivity contribution in [3.05, 3.63) is 69.1 Å². The standard InChI is InChI=1S/C21H16Cl2F4N6O/c1-10-18-12(19(24)25)7-15(20(26)27)28-21(18)33(30-10)9-17(34)29-16-4-5-32(31-16)8-11-2-3-13(22)14(23)6-11/h2-7,19-20H,8-9H2,1H3,(H,29,31,34). The molecule has 178 valence electrons. The largest absolute Gasteiger partial charge is 0.308 e. The normalized spacial score (nSPS) is 11.7. The zero-order valence-corrected chi connectivity index (χ0v) is 19.0. The Kier molecular flexibility index (Phi) is 6.76. The molecular formula is C21H16Cl2F4N6O. The SMILES string of the molecule is Cc1nn(CC(=O)Nc2ccn(Cc3ccc(Cl)c(Cl)c3)n2)c2nc(C(F)F)cc(C(F)F)c12. The number of fused-ring (bicyclic) bond motifs is 1. The molecule has 0 fully saturated rings. The number of carbonyl (C=O) groups is 1. The van der Waals surface area contributed by atoms with Gasteiger partial charge in [-0.15, -0.1) is 0 Å². The van der Waals surface area contributed by atoms with E-state index in [1.807, 2.05) is 0 Å². The number of nitrogens with one attached hydrogen (secondary N) is 1. The molecule has 0 radical (unpaired) electrons. The van der Waals surface area contributed by atoms with E-state index in [2.05, 4.69) is 20.5 Å². The monoisotopic (exact) mass is 514 g/mol. The summed E-state index contributed by atoms with van der Waals surface area (Å²) in [5.41, 5.74) is -0.649. The van der Waals surface area contributed by atoms with Gasteiger partial charge in [-0.1, -0.05) is 29.3 Å². The van der Waals surface area contributed by atoms with Gasteiger partial charge in [0.15, 0.2) is 11.5 Å². The van der Waals surface area contributed by atoms with Crippen molar-refractivity contribution in [2.75, 3.05) is 5.32 Å². The Balaban J connectivity index is 1.52. The molecule has 4 aromatic rings. The van der Waals surface area contributed by atoms with Crippen molar-refractivity contribution in [1.29, 1.82) is 0 Å². The van der Waals surface area contributed by atoms with Crippen LogP contribution >= 0.6 is 23.2 Å². The van der Waals surface area contributed by atoms with Gasteiger partial charge >= 0.3 is 0 Å². The molecule has 1 N–H and O–H groups in total. The van der Waals surface area contributed by atoms with Gasteiger partial charge < -0.3 is 5.32 Å². The summed E-state index contributed by atoms with van der Waals surface area (Å²) in [5.74, 6) is -0.361. The minimum Gasteiger partial charge on any atom is -0.308 e. The Morgan fingerprint density at radius 1 is 1.06 bits per heavy atom. The third-order valence-corrected chi connectivity index (χ3v) is 5.66. The first-order valence-corrected chi connectivity index (χ1v) is 10.6. The number of benzene rings is 1. The van der Waals surface area contributed by atoms with Gasteiger partial charge in [-0.05, 0) is 30.7 Å². The molecule has 0 aliphatic carbocycles. The van der Waals surface area contributed by atoms with Crippen LogP contribution in [0.5, 0.6) is 0 Å². The van der Waals surface area contributed by atoms with E-state index in [-0.39, 0.29) is 22.5 Å². The number of anilines is 1. The summed E-state index contributed by atoms with van der Waals surface area (Å²) < 4.78 is 55.9. The van der Waals surface area contributed by atoms with Gasteiger partial charge in [0.2, 0.25) is 5.91 Å². The van der Waals surface area contributed by atoms with Crippen molar-refractivity contribution in [3.8, 4) is 0 Å². The number of halogens is 6. The van der Waals surface area contributed by atoms with Crippen molar-refractivity contribution >= 4 is 46.0 Å². The van der Waals surface area contributed by atoms with Crippen LogP contribution in [0.4, 0.5) is 23.4 Å². The molecule has 0 saturated heterocycles. The van der Waals surface area contributed by atoms with Gasteiger partial charge in [-0.2, -0.15) is 10.2 Å². The molecule has 7 nitrogen and oxygen atoms in total. The van der Waals surface area contributed by atoms with Crippen molar-refractivity contribution in [2.45, 2.75) is 32.9 Å². The van der Waals surface area contributed by atoms with E-state index in [0.717, 1.165) is 10.2 Å². The molecule has 3 aromatic heterocycles. The smallest absolute Gasteiger partial charge is 0.280 e. The zero-order chi connectivity index (χ0) is 24.6. The minimum absolute atomic E-state index is 0.0573. The Morgan fingerprint density at radius 3 is 2.50 bits per heavy atom. The van der Waals surface area contributed by atoms with Crippen LogP contribution in [0.25, 0.3) is 11.0 Å².